The number of esters is 1. The second-order valence-corrected chi connectivity index (χ2v) is 4.62. The number of rotatable bonds is 6. The summed E-state index contributed by atoms with van der Waals surface area (Å²) in [7, 11) is 1.53. The Hall–Kier alpha value is -1.47. The van der Waals surface area contributed by atoms with E-state index in [0.717, 1.165) is 0 Å². The quantitative estimate of drug-likeness (QED) is 0.577. The molecule has 0 unspecified atom stereocenters. The van der Waals surface area contributed by atoms with Crippen LogP contribution in [0.2, 0.25) is 0 Å². The van der Waals surface area contributed by atoms with E-state index >= 15 is 0 Å². The van der Waals surface area contributed by atoms with Crippen LogP contribution in [0, 0.1) is 6.92 Å². The summed E-state index contributed by atoms with van der Waals surface area (Å²) in [5.41, 5.74) is -0.190. The Morgan fingerprint density at radius 1 is 1.44 bits per heavy atom. The highest BCUT2D eigenvalue weighted by atomic mass is 16.6. The molecule has 1 rings (SSSR count). The molecule has 0 bridgehead atoms. The van der Waals surface area contributed by atoms with Gasteiger partial charge in [-0.3, -0.25) is 0 Å². The van der Waals surface area contributed by atoms with Crippen molar-refractivity contribution in [2.75, 3.05) is 20.3 Å². The van der Waals surface area contributed by atoms with Crippen LogP contribution < -0.4 is 0 Å². The molecule has 1 heterocycles. The zero-order valence-electron chi connectivity index (χ0n) is 11.1. The maximum absolute atomic E-state index is 11.7. The van der Waals surface area contributed by atoms with Gasteiger partial charge < -0.3 is 14.6 Å². The Morgan fingerprint density at radius 3 is 2.67 bits per heavy atom. The van der Waals surface area contributed by atoms with Gasteiger partial charge in [0.15, 0.2) is 5.69 Å². The van der Waals surface area contributed by atoms with Gasteiger partial charge in [0.2, 0.25) is 0 Å². The molecular weight excluding hydrogens is 238 g/mol. The number of methoxy groups -OCH3 is 1. The molecule has 1 aromatic heterocycles. The molecule has 0 amide bonds. The molecule has 0 aliphatic rings. The Labute approximate surface area is 106 Å². The van der Waals surface area contributed by atoms with E-state index in [0.29, 0.717) is 12.3 Å². The van der Waals surface area contributed by atoms with Gasteiger partial charge in [-0.25, -0.2) is 9.48 Å². The Bertz CT molecular complexity index is 409. The maximum Gasteiger partial charge on any atom is 0.360 e. The zero-order chi connectivity index (χ0) is 13.8. The zero-order valence-corrected chi connectivity index (χ0v) is 11.1. The predicted octanol–water partition coefficient (Wildman–Crippen LogP) is 0.161. The smallest absolute Gasteiger partial charge is 0.360 e. The molecule has 0 aromatic carbocycles. The molecule has 7 nitrogen and oxygen atoms in total. The van der Waals surface area contributed by atoms with Crippen molar-refractivity contribution >= 4 is 5.97 Å². The lowest BCUT2D eigenvalue weighted by atomic mass is 10.1. The van der Waals surface area contributed by atoms with Gasteiger partial charge in [-0.2, -0.15) is 0 Å². The monoisotopic (exact) mass is 257 g/mol. The van der Waals surface area contributed by atoms with Crippen LogP contribution in [0.15, 0.2) is 0 Å². The van der Waals surface area contributed by atoms with Crippen LogP contribution in [0.1, 0.15) is 30.0 Å². The Balaban J connectivity index is 2.71. The number of carbonyl (C=O) groups excluding carboxylic acids is 1. The summed E-state index contributed by atoms with van der Waals surface area (Å²) in [4.78, 5) is 11.7. The van der Waals surface area contributed by atoms with Gasteiger partial charge >= 0.3 is 5.97 Å². The van der Waals surface area contributed by atoms with Crippen LogP contribution >= 0.6 is 0 Å². The molecule has 0 fully saturated rings. The first-order chi connectivity index (χ1) is 8.35. The molecule has 0 atom stereocenters. The molecule has 1 N–H and O–H groups in total. The molecule has 0 radical (unpaired) electrons. The first-order valence-electron chi connectivity index (χ1n) is 5.63. The van der Waals surface area contributed by atoms with Crippen molar-refractivity contribution in [1.82, 2.24) is 15.0 Å². The van der Waals surface area contributed by atoms with Crippen LogP contribution in [-0.4, -0.2) is 52.0 Å². The van der Waals surface area contributed by atoms with Crippen LogP contribution in [0.4, 0.5) is 0 Å². The summed E-state index contributed by atoms with van der Waals surface area (Å²) < 4.78 is 11.2. The highest BCUT2D eigenvalue weighted by Crippen LogP contribution is 2.10. The summed E-state index contributed by atoms with van der Waals surface area (Å²) in [6, 6.07) is 0. The van der Waals surface area contributed by atoms with E-state index in [1.165, 1.54) is 11.8 Å². The van der Waals surface area contributed by atoms with E-state index in [-0.39, 0.29) is 18.8 Å². The van der Waals surface area contributed by atoms with E-state index in [1.54, 1.807) is 20.8 Å². The lowest BCUT2D eigenvalue weighted by Crippen LogP contribution is -2.27. The van der Waals surface area contributed by atoms with Crippen molar-refractivity contribution < 1.29 is 19.4 Å². The van der Waals surface area contributed by atoms with Gasteiger partial charge in [0.05, 0.1) is 24.4 Å². The van der Waals surface area contributed by atoms with E-state index in [2.05, 4.69) is 10.3 Å². The minimum absolute atomic E-state index is 0.162. The first-order valence-corrected chi connectivity index (χ1v) is 5.63. The standard InChI is InChI=1S/C11H19N3O4/c1-8-9(10(15)18-6-5-17-4)12-13-14(8)7-11(2,3)16/h16H,5-7H2,1-4H3. The molecule has 102 valence electrons. The van der Waals surface area contributed by atoms with Gasteiger partial charge in [0.25, 0.3) is 0 Å². The fourth-order valence-corrected chi connectivity index (χ4v) is 1.35. The Kier molecular flexibility index (Phi) is 4.80. The van der Waals surface area contributed by atoms with Crippen LogP contribution in [0.5, 0.6) is 0 Å². The summed E-state index contributed by atoms with van der Waals surface area (Å²) >= 11 is 0. The van der Waals surface area contributed by atoms with Gasteiger partial charge in [-0.1, -0.05) is 5.21 Å². The lowest BCUT2D eigenvalue weighted by molar-refractivity contribution is 0.0379. The van der Waals surface area contributed by atoms with Crippen molar-refractivity contribution in [1.29, 1.82) is 0 Å². The first kappa shape index (κ1) is 14.6. The van der Waals surface area contributed by atoms with Gasteiger partial charge in [-0.05, 0) is 20.8 Å². The average molecular weight is 257 g/mol. The van der Waals surface area contributed by atoms with Crippen molar-refractivity contribution in [2.24, 2.45) is 0 Å². The van der Waals surface area contributed by atoms with Crippen molar-refractivity contribution in [3.05, 3.63) is 11.4 Å². The molecule has 0 saturated heterocycles. The van der Waals surface area contributed by atoms with Crippen molar-refractivity contribution in [3.63, 3.8) is 0 Å². The van der Waals surface area contributed by atoms with Crippen molar-refractivity contribution in [2.45, 2.75) is 32.9 Å². The highest BCUT2D eigenvalue weighted by molar-refractivity contribution is 5.88. The lowest BCUT2D eigenvalue weighted by Gasteiger charge is -2.17. The van der Waals surface area contributed by atoms with Crippen LogP contribution in [-0.2, 0) is 16.0 Å². The van der Waals surface area contributed by atoms with Gasteiger partial charge in [-0.15, -0.1) is 5.10 Å². The largest absolute Gasteiger partial charge is 0.458 e. The normalized spacial score (nSPS) is 11.6. The number of nitrogens with zero attached hydrogens (tertiary/aromatic N) is 3. The van der Waals surface area contributed by atoms with E-state index in [9.17, 15) is 9.90 Å². The SMILES string of the molecule is COCCOC(=O)c1nnn(CC(C)(C)O)c1C. The number of carbonyl (C=O) groups is 1. The van der Waals surface area contributed by atoms with Crippen molar-refractivity contribution in [3.8, 4) is 0 Å². The summed E-state index contributed by atoms with van der Waals surface area (Å²) in [6.45, 7) is 5.79. The topological polar surface area (TPSA) is 86.5 Å². The number of hydrogen-bond donors (Lipinski definition) is 1. The third kappa shape index (κ3) is 4.08. The van der Waals surface area contributed by atoms with Crippen LogP contribution in [0.25, 0.3) is 0 Å². The minimum Gasteiger partial charge on any atom is -0.458 e. The maximum atomic E-state index is 11.7. The summed E-state index contributed by atoms with van der Waals surface area (Å²) in [5.74, 6) is -0.536. The second kappa shape index (κ2) is 5.92. The molecule has 0 aliphatic carbocycles. The molecule has 7 heteroatoms. The third-order valence-electron chi connectivity index (χ3n) is 2.23. The highest BCUT2D eigenvalue weighted by Gasteiger charge is 2.21. The number of aromatic nitrogens is 3. The summed E-state index contributed by atoms with van der Waals surface area (Å²) in [6.07, 6.45) is 0. The molecule has 1 aromatic rings. The number of ether oxygens (including phenoxy) is 2. The van der Waals surface area contributed by atoms with Gasteiger partial charge in [0, 0.05) is 7.11 Å². The van der Waals surface area contributed by atoms with Gasteiger partial charge in [0.1, 0.15) is 6.61 Å². The number of aliphatic hydroxyl groups is 1. The molecule has 0 saturated carbocycles. The van der Waals surface area contributed by atoms with E-state index in [1.807, 2.05) is 0 Å². The van der Waals surface area contributed by atoms with E-state index < -0.39 is 11.6 Å². The average Bonchev–Trinajstić information content (AvgIpc) is 2.58. The molecule has 18 heavy (non-hydrogen) atoms. The second-order valence-electron chi connectivity index (χ2n) is 4.62. The fraction of sp³-hybridized carbons (Fsp3) is 0.727. The summed E-state index contributed by atoms with van der Waals surface area (Å²) in [5, 5.41) is 17.3. The fourth-order valence-electron chi connectivity index (χ4n) is 1.35. The molecule has 0 spiro atoms. The third-order valence-corrected chi connectivity index (χ3v) is 2.23. The van der Waals surface area contributed by atoms with E-state index in [4.69, 9.17) is 9.47 Å². The molecular formula is C11H19N3O4. The minimum atomic E-state index is -0.921. The Morgan fingerprint density at radius 2 is 2.11 bits per heavy atom. The molecule has 0 aliphatic heterocycles. The number of hydrogen-bond acceptors (Lipinski definition) is 6. The van der Waals surface area contributed by atoms with Crippen LogP contribution in [0.3, 0.4) is 0 Å². The predicted molar refractivity (Wildman–Crippen MR) is 63.2 cm³/mol.